The number of hydrogen-bond acceptors (Lipinski definition) is 4. The van der Waals surface area contributed by atoms with Gasteiger partial charge in [-0.3, -0.25) is 4.98 Å². The van der Waals surface area contributed by atoms with E-state index in [1.165, 1.54) is 19.3 Å². The summed E-state index contributed by atoms with van der Waals surface area (Å²) >= 11 is 0. The molecule has 1 aromatic carbocycles. The molecule has 3 aromatic rings. The van der Waals surface area contributed by atoms with Crippen LogP contribution in [0.5, 0.6) is 0 Å². The molecule has 0 N–H and O–H groups in total. The van der Waals surface area contributed by atoms with Crippen LogP contribution in [0, 0.1) is 0 Å². The fourth-order valence-electron chi connectivity index (χ4n) is 3.11. The summed E-state index contributed by atoms with van der Waals surface area (Å²) in [6.45, 7) is 2.14. The predicted molar refractivity (Wildman–Crippen MR) is 96.8 cm³/mol. The zero-order chi connectivity index (χ0) is 16.2. The van der Waals surface area contributed by atoms with E-state index in [0.717, 1.165) is 41.6 Å². The number of piperidine rings is 1. The first-order chi connectivity index (χ1) is 11.9. The largest absolute Gasteiger partial charge is 0.356 e. The summed E-state index contributed by atoms with van der Waals surface area (Å²) < 4.78 is 0. The molecule has 120 valence electrons. The van der Waals surface area contributed by atoms with Gasteiger partial charge in [0.25, 0.3) is 0 Å². The zero-order valence-electron chi connectivity index (χ0n) is 13.6. The Labute approximate surface area is 142 Å². The van der Waals surface area contributed by atoms with Crippen molar-refractivity contribution < 1.29 is 0 Å². The lowest BCUT2D eigenvalue weighted by Crippen LogP contribution is -2.30. The molecule has 1 aliphatic heterocycles. The van der Waals surface area contributed by atoms with Crippen LogP contribution in [0.1, 0.15) is 19.3 Å². The van der Waals surface area contributed by atoms with Crippen LogP contribution in [0.4, 0.5) is 5.82 Å². The first kappa shape index (κ1) is 14.8. The highest BCUT2D eigenvalue weighted by Crippen LogP contribution is 2.27. The van der Waals surface area contributed by atoms with Crippen molar-refractivity contribution in [2.24, 2.45) is 0 Å². The van der Waals surface area contributed by atoms with E-state index in [0.29, 0.717) is 0 Å². The fraction of sp³-hybridized carbons (Fsp3) is 0.250. The molecule has 0 aliphatic carbocycles. The van der Waals surface area contributed by atoms with Gasteiger partial charge in [-0.1, -0.05) is 30.3 Å². The maximum Gasteiger partial charge on any atom is 0.162 e. The molecular weight excluding hydrogens is 296 g/mol. The van der Waals surface area contributed by atoms with Gasteiger partial charge < -0.3 is 4.90 Å². The molecule has 4 rings (SSSR count). The summed E-state index contributed by atoms with van der Waals surface area (Å²) in [5.41, 5.74) is 3.07. The number of hydrogen-bond donors (Lipinski definition) is 0. The average Bonchev–Trinajstić information content (AvgIpc) is 2.70. The van der Waals surface area contributed by atoms with E-state index in [4.69, 9.17) is 9.97 Å². The maximum absolute atomic E-state index is 4.85. The van der Waals surface area contributed by atoms with Gasteiger partial charge in [0.15, 0.2) is 5.82 Å². The molecule has 0 unspecified atom stereocenters. The molecule has 0 saturated carbocycles. The van der Waals surface area contributed by atoms with Gasteiger partial charge >= 0.3 is 0 Å². The van der Waals surface area contributed by atoms with Crippen molar-refractivity contribution in [2.45, 2.75) is 19.3 Å². The molecule has 24 heavy (non-hydrogen) atoms. The van der Waals surface area contributed by atoms with E-state index in [2.05, 4.69) is 28.1 Å². The van der Waals surface area contributed by atoms with E-state index in [1.54, 1.807) is 12.4 Å². The second kappa shape index (κ2) is 6.79. The number of pyridine rings is 1. The van der Waals surface area contributed by atoms with Gasteiger partial charge in [0.05, 0.1) is 5.69 Å². The van der Waals surface area contributed by atoms with E-state index in [-0.39, 0.29) is 0 Å². The molecule has 0 spiro atoms. The number of benzene rings is 1. The van der Waals surface area contributed by atoms with Crippen LogP contribution in [-0.2, 0) is 0 Å². The normalized spacial score (nSPS) is 14.6. The molecule has 0 radical (unpaired) electrons. The van der Waals surface area contributed by atoms with Gasteiger partial charge in [0.1, 0.15) is 5.82 Å². The predicted octanol–water partition coefficient (Wildman–Crippen LogP) is 4.20. The smallest absolute Gasteiger partial charge is 0.162 e. The zero-order valence-corrected chi connectivity index (χ0v) is 13.6. The van der Waals surface area contributed by atoms with Gasteiger partial charge in [0.2, 0.25) is 0 Å². The summed E-state index contributed by atoms with van der Waals surface area (Å²) in [5.74, 6) is 1.81. The summed E-state index contributed by atoms with van der Waals surface area (Å²) in [4.78, 5) is 16.1. The highest BCUT2D eigenvalue weighted by Gasteiger charge is 2.16. The third-order valence-corrected chi connectivity index (χ3v) is 4.40. The SMILES string of the molecule is c1ccc(-c2nc(-c3ccncc3)cc(N3CCCCC3)n2)cc1. The summed E-state index contributed by atoms with van der Waals surface area (Å²) in [7, 11) is 0. The standard InChI is InChI=1S/C20H20N4/c1-3-7-17(8-4-1)20-22-18(16-9-11-21-12-10-16)15-19(23-20)24-13-5-2-6-14-24/h1,3-4,7-12,15H,2,5-6,13-14H2. The Morgan fingerprint density at radius 2 is 1.50 bits per heavy atom. The van der Waals surface area contributed by atoms with Crippen LogP contribution >= 0.6 is 0 Å². The molecular formula is C20H20N4. The average molecular weight is 316 g/mol. The van der Waals surface area contributed by atoms with Crippen molar-refractivity contribution >= 4 is 5.82 Å². The summed E-state index contributed by atoms with van der Waals surface area (Å²) in [5, 5.41) is 0. The van der Waals surface area contributed by atoms with Gasteiger partial charge in [-0.25, -0.2) is 9.97 Å². The molecule has 0 amide bonds. The van der Waals surface area contributed by atoms with Crippen LogP contribution < -0.4 is 4.90 Å². The second-order valence-corrected chi connectivity index (χ2v) is 6.08. The van der Waals surface area contributed by atoms with Gasteiger partial charge in [-0.2, -0.15) is 0 Å². The van der Waals surface area contributed by atoms with E-state index in [9.17, 15) is 0 Å². The molecule has 1 fully saturated rings. The Balaban J connectivity index is 1.81. The molecule has 4 heteroatoms. The van der Waals surface area contributed by atoms with Gasteiger partial charge in [0, 0.05) is 42.7 Å². The Kier molecular flexibility index (Phi) is 4.19. The summed E-state index contributed by atoms with van der Waals surface area (Å²) in [6.07, 6.45) is 7.38. The van der Waals surface area contributed by atoms with Crippen molar-refractivity contribution in [1.82, 2.24) is 15.0 Å². The minimum atomic E-state index is 0.783. The number of rotatable bonds is 3. The highest BCUT2D eigenvalue weighted by molar-refractivity contribution is 5.67. The quantitative estimate of drug-likeness (QED) is 0.726. The van der Waals surface area contributed by atoms with E-state index in [1.807, 2.05) is 30.3 Å². The molecule has 0 atom stereocenters. The number of aromatic nitrogens is 3. The van der Waals surface area contributed by atoms with Crippen molar-refractivity contribution in [3.63, 3.8) is 0 Å². The van der Waals surface area contributed by atoms with Gasteiger partial charge in [-0.05, 0) is 31.4 Å². The third kappa shape index (κ3) is 3.13. The van der Waals surface area contributed by atoms with Crippen LogP contribution in [-0.4, -0.2) is 28.0 Å². The molecule has 1 saturated heterocycles. The molecule has 0 bridgehead atoms. The Bertz CT molecular complexity index is 739. The van der Waals surface area contributed by atoms with E-state index >= 15 is 0 Å². The Hall–Kier alpha value is -2.75. The second-order valence-electron chi connectivity index (χ2n) is 6.08. The van der Waals surface area contributed by atoms with Crippen molar-refractivity contribution in [3.05, 3.63) is 60.9 Å². The minimum Gasteiger partial charge on any atom is -0.356 e. The van der Waals surface area contributed by atoms with Crippen LogP contribution in [0.25, 0.3) is 22.6 Å². The first-order valence-corrected chi connectivity index (χ1v) is 8.50. The summed E-state index contributed by atoms with van der Waals surface area (Å²) in [6, 6.07) is 16.3. The molecule has 4 nitrogen and oxygen atoms in total. The van der Waals surface area contributed by atoms with Gasteiger partial charge in [-0.15, -0.1) is 0 Å². The van der Waals surface area contributed by atoms with E-state index < -0.39 is 0 Å². The van der Waals surface area contributed by atoms with Crippen molar-refractivity contribution in [1.29, 1.82) is 0 Å². The van der Waals surface area contributed by atoms with Crippen LogP contribution in [0.2, 0.25) is 0 Å². The topological polar surface area (TPSA) is 41.9 Å². The van der Waals surface area contributed by atoms with Crippen LogP contribution in [0.3, 0.4) is 0 Å². The Morgan fingerprint density at radius 1 is 0.750 bits per heavy atom. The number of anilines is 1. The van der Waals surface area contributed by atoms with Crippen molar-refractivity contribution in [3.8, 4) is 22.6 Å². The third-order valence-electron chi connectivity index (χ3n) is 4.40. The number of nitrogens with zero attached hydrogens (tertiary/aromatic N) is 4. The first-order valence-electron chi connectivity index (χ1n) is 8.50. The van der Waals surface area contributed by atoms with Crippen LogP contribution in [0.15, 0.2) is 60.9 Å². The maximum atomic E-state index is 4.85. The highest BCUT2D eigenvalue weighted by atomic mass is 15.2. The lowest BCUT2D eigenvalue weighted by Gasteiger charge is -2.28. The lowest BCUT2D eigenvalue weighted by atomic mass is 10.1. The Morgan fingerprint density at radius 3 is 2.25 bits per heavy atom. The van der Waals surface area contributed by atoms with Crippen molar-refractivity contribution in [2.75, 3.05) is 18.0 Å². The molecule has 3 heterocycles. The lowest BCUT2D eigenvalue weighted by molar-refractivity contribution is 0.573. The fourth-order valence-corrected chi connectivity index (χ4v) is 3.11. The molecule has 1 aliphatic rings. The minimum absolute atomic E-state index is 0.783. The molecule has 2 aromatic heterocycles. The monoisotopic (exact) mass is 316 g/mol.